The van der Waals surface area contributed by atoms with Crippen LogP contribution >= 0.6 is 0 Å². The molecule has 0 aliphatic carbocycles. The number of halogens is 3. The number of benzene rings is 1. The maximum absolute atomic E-state index is 12.8. The van der Waals surface area contributed by atoms with Gasteiger partial charge in [-0.25, -0.2) is 4.79 Å². The average molecular weight is 435 g/mol. The van der Waals surface area contributed by atoms with Gasteiger partial charge in [-0.2, -0.15) is 13.2 Å². The molecule has 2 atom stereocenters. The van der Waals surface area contributed by atoms with Crippen LogP contribution in [0.15, 0.2) is 48.8 Å². The highest BCUT2D eigenvalue weighted by atomic mass is 19.4. The topological polar surface area (TPSA) is 73.7 Å². The third kappa shape index (κ3) is 5.74. The molecule has 1 amide bonds. The number of hydrogen-bond donors (Lipinski definition) is 1. The van der Waals surface area contributed by atoms with Crippen molar-refractivity contribution in [3.8, 4) is 0 Å². The van der Waals surface area contributed by atoms with E-state index in [4.69, 9.17) is 9.90 Å². The molecule has 0 saturated carbocycles. The molecule has 6 nitrogen and oxygen atoms in total. The van der Waals surface area contributed by atoms with Gasteiger partial charge < -0.3 is 14.9 Å². The van der Waals surface area contributed by atoms with Gasteiger partial charge in [-0.15, -0.1) is 0 Å². The predicted octanol–water partition coefficient (Wildman–Crippen LogP) is 3.62. The molecule has 2 aliphatic heterocycles. The molecule has 2 aromatic rings. The quantitative estimate of drug-likeness (QED) is 0.780. The Balaban J connectivity index is 0.000000339. The van der Waals surface area contributed by atoms with Crippen molar-refractivity contribution in [2.24, 2.45) is 11.8 Å². The van der Waals surface area contributed by atoms with Crippen molar-refractivity contribution in [2.75, 3.05) is 31.1 Å². The summed E-state index contributed by atoms with van der Waals surface area (Å²) in [4.78, 5) is 30.4. The van der Waals surface area contributed by atoms with Crippen molar-refractivity contribution in [1.29, 1.82) is 0 Å². The maximum atomic E-state index is 12.8. The van der Waals surface area contributed by atoms with Crippen molar-refractivity contribution >= 4 is 17.6 Å². The number of likely N-dealkylation sites (tertiary alicyclic amines) is 1. The number of nitrogens with zero attached hydrogens (tertiary/aromatic N) is 3. The Hall–Kier alpha value is -3.10. The molecule has 0 bridgehead atoms. The molecule has 31 heavy (non-hydrogen) atoms. The van der Waals surface area contributed by atoms with E-state index in [1.54, 1.807) is 0 Å². The number of aryl methyl sites for hydroxylation is 1. The molecular formula is C22H24F3N3O3. The molecule has 9 heteroatoms. The van der Waals surface area contributed by atoms with Gasteiger partial charge in [0.1, 0.15) is 0 Å². The lowest BCUT2D eigenvalue weighted by atomic mass is 9.88. The zero-order valence-corrected chi connectivity index (χ0v) is 17.0. The van der Waals surface area contributed by atoms with E-state index in [1.807, 2.05) is 49.6 Å². The Morgan fingerprint density at radius 3 is 2.42 bits per heavy atom. The molecule has 0 spiro atoms. The number of fused-ring (bicyclic) bond motifs is 1. The molecule has 0 radical (unpaired) electrons. The molecule has 1 aromatic carbocycles. The summed E-state index contributed by atoms with van der Waals surface area (Å²) in [6.45, 7) is 5.88. The van der Waals surface area contributed by atoms with Gasteiger partial charge in [0.25, 0.3) is 5.91 Å². The summed E-state index contributed by atoms with van der Waals surface area (Å²) in [5.74, 6) is -1.38. The van der Waals surface area contributed by atoms with Crippen LogP contribution in [-0.2, 0) is 4.79 Å². The number of carbonyl (C=O) groups excluding carboxylic acids is 1. The predicted molar refractivity (Wildman–Crippen MR) is 109 cm³/mol. The Bertz CT molecular complexity index is 921. The minimum absolute atomic E-state index is 0.182. The average Bonchev–Trinajstić information content (AvgIpc) is 3.17. The normalized spacial score (nSPS) is 20.5. The van der Waals surface area contributed by atoms with E-state index in [2.05, 4.69) is 20.9 Å². The molecule has 4 rings (SSSR count). The molecule has 2 saturated heterocycles. The summed E-state index contributed by atoms with van der Waals surface area (Å²) in [6, 6.07) is 12.0. The van der Waals surface area contributed by atoms with E-state index in [0.29, 0.717) is 11.8 Å². The fourth-order valence-electron chi connectivity index (χ4n) is 4.07. The molecule has 3 heterocycles. The monoisotopic (exact) mass is 435 g/mol. The highest BCUT2D eigenvalue weighted by molar-refractivity contribution is 5.94. The second-order valence-corrected chi connectivity index (χ2v) is 7.85. The Labute approximate surface area is 178 Å². The van der Waals surface area contributed by atoms with Crippen LogP contribution < -0.4 is 4.90 Å². The van der Waals surface area contributed by atoms with Crippen LogP contribution in [0, 0.1) is 18.8 Å². The van der Waals surface area contributed by atoms with Crippen molar-refractivity contribution in [3.05, 3.63) is 59.9 Å². The number of aliphatic carboxylic acids is 1. The lowest BCUT2D eigenvalue weighted by Gasteiger charge is -2.35. The lowest BCUT2D eigenvalue weighted by Crippen LogP contribution is -2.40. The fraction of sp³-hybridized carbons (Fsp3) is 0.409. The second kappa shape index (κ2) is 9.36. The van der Waals surface area contributed by atoms with Crippen molar-refractivity contribution in [1.82, 2.24) is 9.88 Å². The number of alkyl halides is 3. The van der Waals surface area contributed by atoms with Crippen molar-refractivity contribution < 1.29 is 27.9 Å². The van der Waals surface area contributed by atoms with Crippen LogP contribution in [0.2, 0.25) is 0 Å². The van der Waals surface area contributed by atoms with E-state index in [0.717, 1.165) is 43.7 Å². The highest BCUT2D eigenvalue weighted by Crippen LogP contribution is 2.33. The number of carbonyl (C=O) groups is 2. The smallest absolute Gasteiger partial charge is 0.475 e. The SMILES string of the molecule is Cc1cccc(C(=O)N2C[C@@H]3CCN(c4cccnc4)C[C@@H]3C2)c1.O=C(O)C(F)(F)F. The summed E-state index contributed by atoms with van der Waals surface area (Å²) in [5, 5.41) is 7.12. The Morgan fingerprint density at radius 2 is 1.81 bits per heavy atom. The lowest BCUT2D eigenvalue weighted by molar-refractivity contribution is -0.192. The molecular weight excluding hydrogens is 411 g/mol. The standard InChI is InChI=1S/C20H23N3O.C2HF3O2/c1-15-4-2-5-16(10-15)20(24)23-12-17-7-9-22(13-18(17)14-23)19-6-3-8-21-11-19;3-2(4,5)1(6)7/h2-6,8,10-11,17-18H,7,9,12-14H2,1H3;(H,6,7)/t17-,18+;/m0./s1. The highest BCUT2D eigenvalue weighted by Gasteiger charge is 2.39. The van der Waals surface area contributed by atoms with Gasteiger partial charge in [-0.1, -0.05) is 17.7 Å². The van der Waals surface area contributed by atoms with E-state index in [1.165, 1.54) is 5.69 Å². The van der Waals surface area contributed by atoms with Crippen molar-refractivity contribution in [2.45, 2.75) is 19.5 Å². The van der Waals surface area contributed by atoms with Gasteiger partial charge in [0.15, 0.2) is 0 Å². The number of pyridine rings is 1. The molecule has 1 N–H and O–H groups in total. The van der Waals surface area contributed by atoms with Crippen LogP contribution in [0.4, 0.5) is 18.9 Å². The first kappa shape index (κ1) is 22.6. The van der Waals surface area contributed by atoms with E-state index >= 15 is 0 Å². The first-order chi connectivity index (χ1) is 14.6. The summed E-state index contributed by atoms with van der Waals surface area (Å²) < 4.78 is 31.7. The summed E-state index contributed by atoms with van der Waals surface area (Å²) >= 11 is 0. The van der Waals surface area contributed by atoms with E-state index in [-0.39, 0.29) is 5.91 Å². The third-order valence-corrected chi connectivity index (χ3v) is 5.61. The Kier molecular flexibility index (Phi) is 6.82. The van der Waals surface area contributed by atoms with Crippen LogP contribution in [-0.4, -0.2) is 59.2 Å². The zero-order valence-electron chi connectivity index (χ0n) is 17.0. The molecule has 1 aromatic heterocycles. The van der Waals surface area contributed by atoms with Gasteiger partial charge in [0.2, 0.25) is 0 Å². The number of anilines is 1. The van der Waals surface area contributed by atoms with Crippen LogP contribution in [0.3, 0.4) is 0 Å². The molecule has 0 unspecified atom stereocenters. The summed E-state index contributed by atoms with van der Waals surface area (Å²) in [7, 11) is 0. The number of hydrogen-bond acceptors (Lipinski definition) is 4. The summed E-state index contributed by atoms with van der Waals surface area (Å²) in [5.41, 5.74) is 3.15. The number of carboxylic acid groups (broad SMARTS) is 1. The first-order valence-electron chi connectivity index (χ1n) is 9.96. The number of piperidine rings is 1. The number of aromatic nitrogens is 1. The minimum Gasteiger partial charge on any atom is -0.475 e. The van der Waals surface area contributed by atoms with E-state index in [9.17, 15) is 18.0 Å². The van der Waals surface area contributed by atoms with Crippen LogP contribution in [0.25, 0.3) is 0 Å². The molecule has 2 fully saturated rings. The van der Waals surface area contributed by atoms with Gasteiger partial charge in [0, 0.05) is 37.9 Å². The van der Waals surface area contributed by atoms with E-state index < -0.39 is 12.1 Å². The van der Waals surface area contributed by atoms with Gasteiger partial charge in [0.05, 0.1) is 11.9 Å². The number of rotatable bonds is 2. The minimum atomic E-state index is -5.08. The van der Waals surface area contributed by atoms with Gasteiger partial charge >= 0.3 is 12.1 Å². The van der Waals surface area contributed by atoms with Gasteiger partial charge in [-0.05, 0) is 49.4 Å². The fourth-order valence-corrected chi connectivity index (χ4v) is 4.07. The number of amides is 1. The maximum Gasteiger partial charge on any atom is 0.490 e. The number of carboxylic acids is 1. The largest absolute Gasteiger partial charge is 0.490 e. The molecule has 2 aliphatic rings. The Morgan fingerprint density at radius 1 is 1.10 bits per heavy atom. The van der Waals surface area contributed by atoms with Crippen LogP contribution in [0.1, 0.15) is 22.3 Å². The summed E-state index contributed by atoms with van der Waals surface area (Å²) in [6.07, 6.45) is -0.184. The third-order valence-electron chi connectivity index (χ3n) is 5.61. The van der Waals surface area contributed by atoms with Crippen molar-refractivity contribution in [3.63, 3.8) is 0 Å². The van der Waals surface area contributed by atoms with Gasteiger partial charge in [-0.3, -0.25) is 9.78 Å². The first-order valence-corrected chi connectivity index (χ1v) is 9.96. The van der Waals surface area contributed by atoms with Crippen LogP contribution in [0.5, 0.6) is 0 Å². The molecule has 166 valence electrons. The zero-order chi connectivity index (χ0) is 22.6. The second-order valence-electron chi connectivity index (χ2n) is 7.85.